The number of halogens is 1. The van der Waals surface area contributed by atoms with Crippen LogP contribution in [0.5, 0.6) is 0 Å². The van der Waals surface area contributed by atoms with Gasteiger partial charge in [0.05, 0.1) is 17.6 Å². The highest BCUT2D eigenvalue weighted by molar-refractivity contribution is 7.13. The molecule has 1 aliphatic rings. The first kappa shape index (κ1) is 19.8. The summed E-state index contributed by atoms with van der Waals surface area (Å²) in [6.07, 6.45) is 3.28. The average Bonchev–Trinajstić information content (AvgIpc) is 3.04. The fraction of sp³-hybridized carbons (Fsp3) is 0.444. The SMILES string of the molecule is CN(C)/C=N/c1nc(CN2CCC(O)(c3ccccc3)CC2)cs1.Cl. The first-order chi connectivity index (χ1) is 11.5. The molecular weight excluding hydrogens is 356 g/mol. The Balaban J connectivity index is 0.00000225. The Bertz CT molecular complexity index is 681. The fourth-order valence-corrected chi connectivity index (χ4v) is 3.59. The van der Waals surface area contributed by atoms with Gasteiger partial charge in [-0.2, -0.15) is 0 Å². The average molecular weight is 381 g/mol. The van der Waals surface area contributed by atoms with Gasteiger partial charge in [-0.25, -0.2) is 9.98 Å². The smallest absolute Gasteiger partial charge is 0.210 e. The van der Waals surface area contributed by atoms with Crippen molar-refractivity contribution in [1.29, 1.82) is 0 Å². The lowest BCUT2D eigenvalue weighted by Crippen LogP contribution is -2.42. The summed E-state index contributed by atoms with van der Waals surface area (Å²) in [5, 5.41) is 13.7. The third-order valence-corrected chi connectivity index (χ3v) is 5.12. The number of aliphatic imine (C=N–C) groups is 1. The summed E-state index contributed by atoms with van der Waals surface area (Å²) in [5.74, 6) is 0. The summed E-state index contributed by atoms with van der Waals surface area (Å²) in [6, 6.07) is 10.0. The highest BCUT2D eigenvalue weighted by atomic mass is 35.5. The van der Waals surface area contributed by atoms with Crippen LogP contribution in [-0.4, -0.2) is 53.4 Å². The van der Waals surface area contributed by atoms with Gasteiger partial charge in [-0.05, 0) is 18.4 Å². The Morgan fingerprint density at radius 2 is 1.96 bits per heavy atom. The third kappa shape index (κ3) is 5.25. The highest BCUT2D eigenvalue weighted by Crippen LogP contribution is 2.33. The second-order valence-corrected chi connectivity index (χ2v) is 7.34. The Morgan fingerprint density at radius 1 is 1.28 bits per heavy atom. The number of thiazole rings is 1. The molecule has 1 saturated heterocycles. The summed E-state index contributed by atoms with van der Waals surface area (Å²) in [7, 11) is 3.89. The monoisotopic (exact) mass is 380 g/mol. The van der Waals surface area contributed by atoms with Crippen LogP contribution in [0.25, 0.3) is 0 Å². The maximum Gasteiger partial charge on any atom is 0.210 e. The van der Waals surface area contributed by atoms with E-state index in [1.807, 2.05) is 49.3 Å². The van der Waals surface area contributed by atoms with E-state index in [2.05, 4.69) is 20.3 Å². The largest absolute Gasteiger partial charge is 0.385 e. The van der Waals surface area contributed by atoms with E-state index in [1.165, 1.54) is 0 Å². The van der Waals surface area contributed by atoms with E-state index in [9.17, 15) is 5.11 Å². The number of benzene rings is 1. The second kappa shape index (κ2) is 8.76. The maximum absolute atomic E-state index is 10.9. The van der Waals surface area contributed by atoms with Crippen LogP contribution in [0.4, 0.5) is 5.13 Å². The number of hydrogen-bond acceptors (Lipinski definition) is 5. The molecule has 1 N–H and O–H groups in total. The van der Waals surface area contributed by atoms with Gasteiger partial charge >= 0.3 is 0 Å². The van der Waals surface area contributed by atoms with Crippen LogP contribution in [0.3, 0.4) is 0 Å². The molecule has 7 heteroatoms. The van der Waals surface area contributed by atoms with Crippen molar-refractivity contribution in [3.63, 3.8) is 0 Å². The summed E-state index contributed by atoms with van der Waals surface area (Å²) < 4.78 is 0. The lowest BCUT2D eigenvalue weighted by atomic mass is 9.84. The molecule has 0 radical (unpaired) electrons. The number of aliphatic hydroxyl groups is 1. The van der Waals surface area contributed by atoms with Crippen molar-refractivity contribution in [2.45, 2.75) is 25.0 Å². The summed E-state index contributed by atoms with van der Waals surface area (Å²) in [5.41, 5.74) is 1.38. The minimum Gasteiger partial charge on any atom is -0.385 e. The maximum atomic E-state index is 10.9. The van der Waals surface area contributed by atoms with Gasteiger partial charge in [0.25, 0.3) is 0 Å². The first-order valence-corrected chi connectivity index (χ1v) is 9.08. The lowest BCUT2D eigenvalue weighted by molar-refractivity contribution is -0.0279. The van der Waals surface area contributed by atoms with Crippen LogP contribution in [-0.2, 0) is 12.1 Å². The van der Waals surface area contributed by atoms with Crippen LogP contribution < -0.4 is 0 Å². The van der Waals surface area contributed by atoms with Crippen molar-refractivity contribution in [3.05, 3.63) is 47.0 Å². The number of hydrogen-bond donors (Lipinski definition) is 1. The molecule has 0 spiro atoms. The Hall–Kier alpha value is -1.47. The Labute approximate surface area is 159 Å². The topological polar surface area (TPSA) is 52.0 Å². The normalized spacial score (nSPS) is 17.4. The van der Waals surface area contributed by atoms with Crippen molar-refractivity contribution in [2.24, 2.45) is 4.99 Å². The predicted molar refractivity (Wildman–Crippen MR) is 106 cm³/mol. The van der Waals surface area contributed by atoms with Crippen LogP contribution in [0.15, 0.2) is 40.7 Å². The molecule has 0 aliphatic carbocycles. The molecule has 1 fully saturated rings. The van der Waals surface area contributed by atoms with Crippen molar-refractivity contribution in [1.82, 2.24) is 14.8 Å². The molecule has 0 bridgehead atoms. The molecular formula is C18H25ClN4OS. The van der Waals surface area contributed by atoms with Gasteiger partial charge in [0, 0.05) is 39.1 Å². The van der Waals surface area contributed by atoms with Crippen LogP contribution >= 0.6 is 23.7 Å². The van der Waals surface area contributed by atoms with E-state index in [1.54, 1.807) is 17.7 Å². The summed E-state index contributed by atoms with van der Waals surface area (Å²) in [6.45, 7) is 2.57. The zero-order valence-corrected chi connectivity index (χ0v) is 16.3. The third-order valence-electron chi connectivity index (χ3n) is 4.32. The van der Waals surface area contributed by atoms with Gasteiger partial charge in [-0.3, -0.25) is 4.90 Å². The number of aromatic nitrogens is 1. The van der Waals surface area contributed by atoms with Gasteiger partial charge in [-0.1, -0.05) is 30.3 Å². The molecule has 25 heavy (non-hydrogen) atoms. The number of nitrogens with zero attached hydrogens (tertiary/aromatic N) is 4. The molecule has 3 rings (SSSR count). The van der Waals surface area contributed by atoms with Crippen LogP contribution in [0, 0.1) is 0 Å². The molecule has 1 aromatic heterocycles. The number of piperidine rings is 1. The Morgan fingerprint density at radius 3 is 2.60 bits per heavy atom. The molecule has 1 aromatic carbocycles. The molecule has 136 valence electrons. The molecule has 0 atom stereocenters. The van der Waals surface area contributed by atoms with Crippen molar-refractivity contribution in [3.8, 4) is 0 Å². The second-order valence-electron chi connectivity index (χ2n) is 6.50. The predicted octanol–water partition coefficient (Wildman–Crippen LogP) is 3.27. The first-order valence-electron chi connectivity index (χ1n) is 8.20. The van der Waals surface area contributed by atoms with E-state index in [0.29, 0.717) is 0 Å². The number of rotatable bonds is 5. The van der Waals surface area contributed by atoms with Gasteiger partial charge in [-0.15, -0.1) is 23.7 Å². The molecule has 2 aromatic rings. The van der Waals surface area contributed by atoms with Gasteiger partial charge in [0.15, 0.2) is 0 Å². The summed E-state index contributed by atoms with van der Waals surface area (Å²) >= 11 is 1.57. The molecule has 2 heterocycles. The standard InChI is InChI=1S/C18H24N4OS.ClH/c1-21(2)14-19-17-20-16(13-24-17)12-22-10-8-18(23,9-11-22)15-6-4-3-5-7-15;/h3-7,13-14,23H,8-12H2,1-2H3;1H/b19-14+;. The summed E-state index contributed by atoms with van der Waals surface area (Å²) in [4.78, 5) is 13.1. The van der Waals surface area contributed by atoms with Crippen molar-refractivity contribution < 1.29 is 5.11 Å². The van der Waals surface area contributed by atoms with Crippen LogP contribution in [0.2, 0.25) is 0 Å². The molecule has 0 amide bonds. The molecule has 1 aliphatic heterocycles. The van der Waals surface area contributed by atoms with Gasteiger partial charge in [0.2, 0.25) is 5.13 Å². The van der Waals surface area contributed by atoms with E-state index in [4.69, 9.17) is 0 Å². The molecule has 0 unspecified atom stereocenters. The lowest BCUT2D eigenvalue weighted by Gasteiger charge is -2.38. The zero-order chi connectivity index (χ0) is 17.0. The van der Waals surface area contributed by atoms with Crippen molar-refractivity contribution >= 4 is 35.2 Å². The van der Waals surface area contributed by atoms with E-state index in [0.717, 1.165) is 48.9 Å². The van der Waals surface area contributed by atoms with Crippen LogP contribution in [0.1, 0.15) is 24.1 Å². The number of likely N-dealkylation sites (tertiary alicyclic amines) is 1. The quantitative estimate of drug-likeness (QED) is 0.639. The van der Waals surface area contributed by atoms with Gasteiger partial charge in [0.1, 0.15) is 0 Å². The van der Waals surface area contributed by atoms with E-state index in [-0.39, 0.29) is 12.4 Å². The minimum absolute atomic E-state index is 0. The van der Waals surface area contributed by atoms with Crippen molar-refractivity contribution in [2.75, 3.05) is 27.2 Å². The molecule has 5 nitrogen and oxygen atoms in total. The zero-order valence-electron chi connectivity index (χ0n) is 14.6. The fourth-order valence-electron chi connectivity index (χ4n) is 2.94. The van der Waals surface area contributed by atoms with E-state index >= 15 is 0 Å². The van der Waals surface area contributed by atoms with E-state index < -0.39 is 5.60 Å². The minimum atomic E-state index is -0.693. The highest BCUT2D eigenvalue weighted by Gasteiger charge is 2.33. The Kier molecular flexibility index (Phi) is 6.95. The van der Waals surface area contributed by atoms with Gasteiger partial charge < -0.3 is 10.0 Å². The molecule has 0 saturated carbocycles.